The predicted molar refractivity (Wildman–Crippen MR) is 100 cm³/mol. The first-order chi connectivity index (χ1) is 12.2. The van der Waals surface area contributed by atoms with Gasteiger partial charge in [-0.05, 0) is 45.0 Å². The number of carboxylic acids is 1. The highest BCUT2D eigenvalue weighted by atomic mass is 35.5. The minimum atomic E-state index is -1.01. The summed E-state index contributed by atoms with van der Waals surface area (Å²) in [6, 6.07) is 9.14. The lowest BCUT2D eigenvalue weighted by Crippen LogP contribution is -2.50. The second-order valence-electron chi connectivity index (χ2n) is 6.62. The third-order valence-corrected chi connectivity index (χ3v) is 4.40. The first-order valence-corrected chi connectivity index (χ1v) is 8.53. The lowest BCUT2D eigenvalue weighted by atomic mass is 9.98. The molecule has 0 spiro atoms. The highest BCUT2D eigenvalue weighted by Crippen LogP contribution is 2.24. The van der Waals surface area contributed by atoms with Crippen molar-refractivity contribution in [1.29, 1.82) is 0 Å². The Labute approximate surface area is 157 Å². The maximum absolute atomic E-state index is 12.8. The van der Waals surface area contributed by atoms with E-state index in [0.29, 0.717) is 10.6 Å². The van der Waals surface area contributed by atoms with Crippen LogP contribution in [0.25, 0.3) is 5.69 Å². The molecule has 0 saturated carbocycles. The zero-order valence-electron chi connectivity index (χ0n) is 15.3. The van der Waals surface area contributed by atoms with E-state index in [0.717, 1.165) is 17.1 Å². The van der Waals surface area contributed by atoms with E-state index in [1.165, 1.54) is 7.11 Å². The first kappa shape index (κ1) is 20.0. The van der Waals surface area contributed by atoms with E-state index in [1.54, 1.807) is 19.1 Å². The fraction of sp³-hybridized carbons (Fsp3) is 0.368. The highest BCUT2D eigenvalue weighted by molar-refractivity contribution is 6.30. The summed E-state index contributed by atoms with van der Waals surface area (Å²) >= 11 is 6.08. The number of halogens is 1. The number of benzene rings is 1. The molecule has 26 heavy (non-hydrogen) atoms. The van der Waals surface area contributed by atoms with Gasteiger partial charge in [-0.1, -0.05) is 17.7 Å². The molecule has 1 aromatic carbocycles. The Bertz CT molecular complexity index is 831. The van der Waals surface area contributed by atoms with Crippen molar-refractivity contribution in [2.24, 2.45) is 0 Å². The van der Waals surface area contributed by atoms with Gasteiger partial charge in [0, 0.05) is 29.2 Å². The third kappa shape index (κ3) is 4.45. The molecule has 1 aromatic heterocycles. The van der Waals surface area contributed by atoms with Crippen molar-refractivity contribution in [2.45, 2.75) is 32.7 Å². The van der Waals surface area contributed by atoms with Crippen LogP contribution in [0.1, 0.15) is 35.1 Å². The molecule has 7 heteroatoms. The standard InChI is InChI=1S/C19H23ClN2O4/c1-12-8-16(13(2)22(12)15-7-5-6-14(20)9-15)18(25)21-19(3,11-26-4)10-17(23)24/h5-9H,10-11H2,1-4H3,(H,21,25)(H,23,24). The van der Waals surface area contributed by atoms with Crippen LogP contribution in [0.3, 0.4) is 0 Å². The van der Waals surface area contributed by atoms with Crippen LogP contribution in [0.4, 0.5) is 0 Å². The van der Waals surface area contributed by atoms with E-state index in [4.69, 9.17) is 21.4 Å². The van der Waals surface area contributed by atoms with E-state index in [-0.39, 0.29) is 18.9 Å². The van der Waals surface area contributed by atoms with Crippen molar-refractivity contribution >= 4 is 23.5 Å². The highest BCUT2D eigenvalue weighted by Gasteiger charge is 2.31. The molecule has 1 heterocycles. The van der Waals surface area contributed by atoms with E-state index in [2.05, 4.69) is 5.32 Å². The van der Waals surface area contributed by atoms with E-state index >= 15 is 0 Å². The summed E-state index contributed by atoms with van der Waals surface area (Å²) in [5.74, 6) is -1.35. The maximum atomic E-state index is 12.8. The van der Waals surface area contributed by atoms with Crippen molar-refractivity contribution in [3.63, 3.8) is 0 Å². The van der Waals surface area contributed by atoms with E-state index < -0.39 is 11.5 Å². The Morgan fingerprint density at radius 1 is 1.31 bits per heavy atom. The molecule has 0 aliphatic rings. The molecule has 0 saturated heterocycles. The van der Waals surface area contributed by atoms with Crippen molar-refractivity contribution in [3.8, 4) is 5.69 Å². The summed E-state index contributed by atoms with van der Waals surface area (Å²) in [7, 11) is 1.47. The molecule has 0 fully saturated rings. The van der Waals surface area contributed by atoms with Crippen molar-refractivity contribution in [3.05, 3.63) is 52.3 Å². The van der Waals surface area contributed by atoms with Crippen LogP contribution in [0.5, 0.6) is 0 Å². The Balaban J connectivity index is 2.35. The molecule has 2 rings (SSSR count). The number of rotatable bonds is 7. The number of aryl methyl sites for hydroxylation is 1. The average molecular weight is 379 g/mol. The van der Waals surface area contributed by atoms with Gasteiger partial charge in [0.15, 0.2) is 0 Å². The zero-order chi connectivity index (χ0) is 19.5. The van der Waals surface area contributed by atoms with Gasteiger partial charge < -0.3 is 19.7 Å². The van der Waals surface area contributed by atoms with Crippen LogP contribution < -0.4 is 5.32 Å². The molecular formula is C19H23ClN2O4. The molecule has 1 amide bonds. The van der Waals surface area contributed by atoms with Gasteiger partial charge in [-0.15, -0.1) is 0 Å². The minimum Gasteiger partial charge on any atom is -0.481 e. The molecule has 1 atom stereocenters. The fourth-order valence-electron chi connectivity index (χ4n) is 3.13. The molecule has 6 nitrogen and oxygen atoms in total. The Morgan fingerprint density at radius 3 is 2.58 bits per heavy atom. The molecule has 140 valence electrons. The van der Waals surface area contributed by atoms with Gasteiger partial charge in [-0.25, -0.2) is 0 Å². The number of nitrogens with zero attached hydrogens (tertiary/aromatic N) is 1. The van der Waals surface area contributed by atoms with Crippen LogP contribution in [-0.2, 0) is 9.53 Å². The summed E-state index contributed by atoms with van der Waals surface area (Å²) in [6.07, 6.45) is -0.236. The topological polar surface area (TPSA) is 80.6 Å². The number of hydrogen-bond donors (Lipinski definition) is 2. The molecule has 2 aromatic rings. The van der Waals surface area contributed by atoms with Crippen molar-refractivity contribution in [2.75, 3.05) is 13.7 Å². The molecule has 2 N–H and O–H groups in total. The summed E-state index contributed by atoms with van der Waals surface area (Å²) < 4.78 is 7.02. The van der Waals surface area contributed by atoms with Crippen LogP contribution >= 0.6 is 11.6 Å². The fourth-order valence-corrected chi connectivity index (χ4v) is 3.31. The summed E-state index contributed by atoms with van der Waals surface area (Å²) in [5, 5.41) is 12.5. The number of aliphatic carboxylic acids is 1. The normalized spacial score (nSPS) is 13.3. The van der Waals surface area contributed by atoms with Crippen LogP contribution in [0.2, 0.25) is 5.02 Å². The summed E-state index contributed by atoms with van der Waals surface area (Å²) in [6.45, 7) is 5.49. The molecule has 1 unspecified atom stereocenters. The average Bonchev–Trinajstić information content (AvgIpc) is 2.81. The molecule has 0 radical (unpaired) electrons. The second kappa shape index (κ2) is 7.93. The van der Waals surface area contributed by atoms with Gasteiger partial charge in [0.25, 0.3) is 5.91 Å². The number of amides is 1. The van der Waals surface area contributed by atoms with E-state index in [1.807, 2.05) is 36.6 Å². The van der Waals surface area contributed by atoms with Crippen LogP contribution in [-0.4, -0.2) is 40.8 Å². The number of aromatic nitrogens is 1. The number of carbonyl (C=O) groups excluding carboxylic acids is 1. The monoisotopic (exact) mass is 378 g/mol. The number of methoxy groups -OCH3 is 1. The Hall–Kier alpha value is -2.31. The second-order valence-corrected chi connectivity index (χ2v) is 7.05. The van der Waals surface area contributed by atoms with Gasteiger partial charge in [0.1, 0.15) is 0 Å². The van der Waals surface area contributed by atoms with Crippen LogP contribution in [0, 0.1) is 13.8 Å². The van der Waals surface area contributed by atoms with Gasteiger partial charge in [0.2, 0.25) is 0 Å². The lowest BCUT2D eigenvalue weighted by molar-refractivity contribution is -0.139. The number of carbonyl (C=O) groups is 2. The SMILES string of the molecule is COCC(C)(CC(=O)O)NC(=O)c1cc(C)n(-c2cccc(Cl)c2)c1C. The van der Waals surface area contributed by atoms with Crippen molar-refractivity contribution in [1.82, 2.24) is 9.88 Å². The molecule has 0 aliphatic carbocycles. The van der Waals surface area contributed by atoms with Crippen molar-refractivity contribution < 1.29 is 19.4 Å². The maximum Gasteiger partial charge on any atom is 0.305 e. The third-order valence-electron chi connectivity index (χ3n) is 4.16. The summed E-state index contributed by atoms with van der Waals surface area (Å²) in [4.78, 5) is 23.9. The minimum absolute atomic E-state index is 0.0953. The zero-order valence-corrected chi connectivity index (χ0v) is 16.1. The number of hydrogen-bond acceptors (Lipinski definition) is 3. The largest absolute Gasteiger partial charge is 0.481 e. The smallest absolute Gasteiger partial charge is 0.305 e. The number of carboxylic acid groups (broad SMARTS) is 1. The molecule has 0 aliphatic heterocycles. The Morgan fingerprint density at radius 2 is 2.00 bits per heavy atom. The predicted octanol–water partition coefficient (Wildman–Crippen LogP) is 3.36. The summed E-state index contributed by atoms with van der Waals surface area (Å²) in [5.41, 5.74) is 1.96. The van der Waals surface area contributed by atoms with Gasteiger partial charge in [-0.2, -0.15) is 0 Å². The quantitative estimate of drug-likeness (QED) is 0.774. The number of nitrogens with one attached hydrogen (secondary N) is 1. The van der Waals surface area contributed by atoms with Crippen LogP contribution in [0.15, 0.2) is 30.3 Å². The number of ether oxygens (including phenoxy) is 1. The Kier molecular flexibility index (Phi) is 6.10. The first-order valence-electron chi connectivity index (χ1n) is 8.15. The van der Waals surface area contributed by atoms with Gasteiger partial charge in [0.05, 0.1) is 24.1 Å². The van der Waals surface area contributed by atoms with E-state index in [9.17, 15) is 9.59 Å². The van der Waals surface area contributed by atoms with Gasteiger partial charge >= 0.3 is 5.97 Å². The molecular weight excluding hydrogens is 356 g/mol. The molecule has 0 bridgehead atoms. The lowest BCUT2D eigenvalue weighted by Gasteiger charge is -2.28. The van der Waals surface area contributed by atoms with Gasteiger partial charge in [-0.3, -0.25) is 9.59 Å².